The molecule has 0 amide bonds. The maximum absolute atomic E-state index is 12.2. The molecule has 3 rings (SSSR count). The molecular formula is C13H20O6S2. The zero-order valence-electron chi connectivity index (χ0n) is 11.8. The number of carbonyl (C=O) groups is 1. The minimum absolute atomic E-state index is 0.0902. The Balaban J connectivity index is 1.79. The number of carbonyl (C=O) groups excluding carboxylic acids is 1. The molecule has 2 saturated carbocycles. The normalized spacial score (nSPS) is 45.5. The van der Waals surface area contributed by atoms with Crippen molar-refractivity contribution in [2.24, 2.45) is 17.8 Å². The molecule has 6 atom stereocenters. The van der Waals surface area contributed by atoms with Crippen LogP contribution in [-0.2, 0) is 19.6 Å². The molecule has 0 spiro atoms. The first-order valence-corrected chi connectivity index (χ1v) is 9.89. The molecule has 1 saturated heterocycles. The van der Waals surface area contributed by atoms with E-state index >= 15 is 0 Å². The lowest BCUT2D eigenvalue weighted by Gasteiger charge is -2.44. The van der Waals surface area contributed by atoms with Gasteiger partial charge in [0.2, 0.25) is 0 Å². The quantitative estimate of drug-likeness (QED) is 0.575. The average molecular weight is 336 g/mol. The highest BCUT2D eigenvalue weighted by molar-refractivity contribution is 8.00. The molecule has 6 nitrogen and oxygen atoms in total. The molecule has 3 aliphatic rings. The van der Waals surface area contributed by atoms with Crippen LogP contribution in [0.3, 0.4) is 0 Å². The summed E-state index contributed by atoms with van der Waals surface area (Å²) in [6.45, 7) is 2.03. The zero-order chi connectivity index (χ0) is 15.4. The molecule has 0 aromatic carbocycles. The van der Waals surface area contributed by atoms with E-state index in [0.717, 1.165) is 12.8 Å². The molecule has 3 fully saturated rings. The lowest BCUT2D eigenvalue weighted by Crippen LogP contribution is -2.55. The number of hydrogen-bond donors (Lipinski definition) is 2. The fraction of sp³-hybridized carbons (Fsp3) is 0.923. The molecule has 21 heavy (non-hydrogen) atoms. The van der Waals surface area contributed by atoms with Gasteiger partial charge in [-0.25, -0.2) is 0 Å². The third-order valence-electron chi connectivity index (χ3n) is 5.15. The van der Waals surface area contributed by atoms with Gasteiger partial charge in [-0.1, -0.05) is 6.92 Å². The second-order valence-corrected chi connectivity index (χ2v) is 9.26. The summed E-state index contributed by atoms with van der Waals surface area (Å²) in [5.41, 5.74) is -1.08. The van der Waals surface area contributed by atoms with Crippen LogP contribution in [0, 0.1) is 17.8 Å². The van der Waals surface area contributed by atoms with Gasteiger partial charge in [0, 0.05) is 11.0 Å². The van der Waals surface area contributed by atoms with E-state index < -0.39 is 27.7 Å². The Morgan fingerprint density at radius 1 is 1.43 bits per heavy atom. The Morgan fingerprint density at radius 2 is 2.14 bits per heavy atom. The van der Waals surface area contributed by atoms with Gasteiger partial charge in [-0.3, -0.25) is 9.35 Å². The smallest absolute Gasteiger partial charge is 0.313 e. The van der Waals surface area contributed by atoms with Crippen LogP contribution in [-0.4, -0.2) is 52.5 Å². The minimum atomic E-state index is -4.00. The summed E-state index contributed by atoms with van der Waals surface area (Å²) in [7, 11) is -4.00. The number of thioether (sulfide) groups is 1. The van der Waals surface area contributed by atoms with Crippen LogP contribution >= 0.6 is 11.8 Å². The van der Waals surface area contributed by atoms with Gasteiger partial charge in [0.25, 0.3) is 10.1 Å². The van der Waals surface area contributed by atoms with Gasteiger partial charge in [-0.15, -0.1) is 0 Å². The van der Waals surface area contributed by atoms with Crippen molar-refractivity contribution in [2.45, 2.75) is 43.1 Å². The Morgan fingerprint density at radius 3 is 2.81 bits per heavy atom. The zero-order valence-corrected chi connectivity index (χ0v) is 13.4. The van der Waals surface area contributed by atoms with Crippen molar-refractivity contribution < 1.29 is 27.6 Å². The molecule has 0 bridgehead atoms. The summed E-state index contributed by atoms with van der Waals surface area (Å²) in [5.74, 6) is -0.770. The highest BCUT2D eigenvalue weighted by Crippen LogP contribution is 2.57. The van der Waals surface area contributed by atoms with E-state index in [1.54, 1.807) is 0 Å². The second-order valence-electron chi connectivity index (χ2n) is 6.40. The van der Waals surface area contributed by atoms with Gasteiger partial charge >= 0.3 is 5.97 Å². The maximum Gasteiger partial charge on any atom is 0.313 e. The third kappa shape index (κ3) is 2.50. The fourth-order valence-electron chi connectivity index (χ4n) is 4.25. The van der Waals surface area contributed by atoms with Crippen molar-refractivity contribution >= 4 is 27.8 Å². The Labute approximate surface area is 128 Å². The van der Waals surface area contributed by atoms with E-state index in [0.29, 0.717) is 6.42 Å². The van der Waals surface area contributed by atoms with E-state index in [9.17, 15) is 18.3 Å². The highest BCUT2D eigenvalue weighted by Gasteiger charge is 2.68. The summed E-state index contributed by atoms with van der Waals surface area (Å²) in [5, 5.41) is 10.8. The van der Waals surface area contributed by atoms with Crippen LogP contribution in [0.4, 0.5) is 0 Å². The van der Waals surface area contributed by atoms with E-state index in [-0.39, 0.29) is 34.6 Å². The van der Waals surface area contributed by atoms with Gasteiger partial charge in [-0.2, -0.15) is 20.2 Å². The molecule has 0 aromatic heterocycles. The summed E-state index contributed by atoms with van der Waals surface area (Å²) in [6.07, 6.45) is 2.00. The molecule has 120 valence electrons. The first-order chi connectivity index (χ1) is 9.73. The number of hydrogen-bond acceptors (Lipinski definition) is 6. The molecule has 1 aliphatic heterocycles. The van der Waals surface area contributed by atoms with E-state index in [1.165, 1.54) is 11.8 Å². The second kappa shape index (κ2) is 5.11. The lowest BCUT2D eigenvalue weighted by molar-refractivity contribution is -0.145. The Hall–Kier alpha value is -0.310. The third-order valence-corrected chi connectivity index (χ3v) is 7.69. The Bertz CT molecular complexity index is 547. The van der Waals surface area contributed by atoms with E-state index in [4.69, 9.17) is 9.29 Å². The topological polar surface area (TPSA) is 101 Å². The fourth-order valence-corrected chi connectivity index (χ4v) is 6.71. The maximum atomic E-state index is 12.2. The molecule has 8 heteroatoms. The van der Waals surface area contributed by atoms with Gasteiger partial charge in [-0.05, 0) is 31.1 Å². The lowest BCUT2D eigenvalue weighted by atomic mass is 9.66. The van der Waals surface area contributed by atoms with Crippen molar-refractivity contribution in [1.29, 1.82) is 0 Å². The molecule has 1 unspecified atom stereocenters. The van der Waals surface area contributed by atoms with Gasteiger partial charge in [0.05, 0.1) is 5.75 Å². The predicted octanol–water partition coefficient (Wildman–Crippen LogP) is 0.698. The molecular weight excluding hydrogens is 316 g/mol. The molecule has 2 N–H and O–H groups in total. The summed E-state index contributed by atoms with van der Waals surface area (Å²) < 4.78 is 35.8. The SMILES string of the molecule is C[C@H]1C[C@H]2CC[C@H]3OC(=O)C([C@@H]1SCCS(=O)(=O)O)[C@@]23O. The predicted molar refractivity (Wildman–Crippen MR) is 77.5 cm³/mol. The summed E-state index contributed by atoms with van der Waals surface area (Å²) in [4.78, 5) is 12.2. The Kier molecular flexibility index (Phi) is 3.79. The van der Waals surface area contributed by atoms with Crippen molar-refractivity contribution in [3.63, 3.8) is 0 Å². The number of ether oxygens (including phenoxy) is 1. The van der Waals surface area contributed by atoms with Crippen LogP contribution in [0.1, 0.15) is 26.2 Å². The summed E-state index contributed by atoms with van der Waals surface area (Å²) in [6, 6.07) is 0. The molecule has 1 heterocycles. The van der Waals surface area contributed by atoms with Crippen LogP contribution < -0.4 is 0 Å². The number of aliphatic hydroxyl groups is 1. The monoisotopic (exact) mass is 336 g/mol. The number of rotatable bonds is 4. The average Bonchev–Trinajstić information content (AvgIpc) is 2.78. The van der Waals surface area contributed by atoms with Gasteiger partial charge in [0.15, 0.2) is 0 Å². The van der Waals surface area contributed by atoms with E-state index in [2.05, 4.69) is 0 Å². The molecule has 0 aromatic rings. The van der Waals surface area contributed by atoms with Crippen molar-refractivity contribution in [1.82, 2.24) is 0 Å². The standard InChI is InChI=1S/C13H20O6S2/c1-7-6-8-2-3-9-13(8,15)10(12(14)19-9)11(7)20-4-5-21(16,17)18/h7-11,15H,2-6H2,1H3,(H,16,17,18)/t7-,8+,9+,10?,11+,13+/m0/s1. The van der Waals surface area contributed by atoms with Crippen molar-refractivity contribution in [2.75, 3.05) is 11.5 Å². The largest absolute Gasteiger partial charge is 0.459 e. The minimum Gasteiger partial charge on any atom is -0.459 e. The van der Waals surface area contributed by atoms with Gasteiger partial charge in [0.1, 0.15) is 17.6 Å². The first kappa shape index (κ1) is 15.6. The van der Waals surface area contributed by atoms with Crippen molar-refractivity contribution in [3.05, 3.63) is 0 Å². The van der Waals surface area contributed by atoms with E-state index in [1.807, 2.05) is 6.92 Å². The van der Waals surface area contributed by atoms with Crippen LogP contribution in [0.15, 0.2) is 0 Å². The number of esters is 1. The first-order valence-electron chi connectivity index (χ1n) is 7.23. The summed E-state index contributed by atoms with van der Waals surface area (Å²) >= 11 is 1.34. The van der Waals surface area contributed by atoms with Crippen molar-refractivity contribution in [3.8, 4) is 0 Å². The highest BCUT2D eigenvalue weighted by atomic mass is 32.2. The van der Waals surface area contributed by atoms with Crippen LogP contribution in [0.25, 0.3) is 0 Å². The van der Waals surface area contributed by atoms with Gasteiger partial charge < -0.3 is 9.84 Å². The molecule has 2 aliphatic carbocycles. The molecule has 0 radical (unpaired) electrons. The van der Waals surface area contributed by atoms with Crippen LogP contribution in [0.5, 0.6) is 0 Å². The van der Waals surface area contributed by atoms with Crippen LogP contribution in [0.2, 0.25) is 0 Å².